The number of benzene rings is 1. The summed E-state index contributed by atoms with van der Waals surface area (Å²) < 4.78 is 31.8. The van der Waals surface area contributed by atoms with Gasteiger partial charge in [0.2, 0.25) is 5.95 Å². The lowest BCUT2D eigenvalue weighted by molar-refractivity contribution is -0.132. The van der Waals surface area contributed by atoms with Crippen molar-refractivity contribution < 1.29 is 18.4 Å². The standard InChI is InChI=1S/C30H35F2N9O2/c1-6-40(33)30(18(4)42)9-11-39(12-10-30)28(43)20-7-8-25(34-15-20)37-29-35-16-23(32)26(38-29)21-13-22(31)27-24(14-21)41(17(2)3)19(5)36-27/h7-8,13-17H,6,9-12,33H2,1-5H3,(H,34,35,37,38). The fourth-order valence-electron chi connectivity index (χ4n) is 5.80. The Labute approximate surface area is 248 Å². The molecule has 11 nitrogen and oxygen atoms in total. The van der Waals surface area contributed by atoms with Crippen molar-refractivity contribution in [2.24, 2.45) is 5.84 Å². The van der Waals surface area contributed by atoms with Gasteiger partial charge < -0.3 is 14.8 Å². The molecule has 1 fully saturated rings. The number of nitrogens with one attached hydrogen (secondary N) is 1. The zero-order valence-corrected chi connectivity index (χ0v) is 24.9. The number of carbonyl (C=O) groups excluding carboxylic acids is 2. The minimum Gasteiger partial charge on any atom is -0.338 e. The summed E-state index contributed by atoms with van der Waals surface area (Å²) in [5.74, 6) is 5.68. The van der Waals surface area contributed by atoms with Gasteiger partial charge in [-0.2, -0.15) is 0 Å². The highest BCUT2D eigenvalue weighted by Crippen LogP contribution is 2.31. The highest BCUT2D eigenvalue weighted by atomic mass is 19.1. The number of nitrogens with zero attached hydrogens (tertiary/aromatic N) is 7. The van der Waals surface area contributed by atoms with Crippen molar-refractivity contribution in [2.45, 2.75) is 59.0 Å². The molecule has 43 heavy (non-hydrogen) atoms. The highest BCUT2D eigenvalue weighted by molar-refractivity contribution is 5.94. The van der Waals surface area contributed by atoms with Crippen molar-refractivity contribution in [3.63, 3.8) is 0 Å². The van der Waals surface area contributed by atoms with E-state index in [0.717, 1.165) is 6.20 Å². The summed E-state index contributed by atoms with van der Waals surface area (Å²) in [7, 11) is 0. The van der Waals surface area contributed by atoms with Gasteiger partial charge in [-0.15, -0.1) is 0 Å². The van der Waals surface area contributed by atoms with E-state index in [1.165, 1.54) is 19.2 Å². The smallest absolute Gasteiger partial charge is 0.255 e. The van der Waals surface area contributed by atoms with Crippen LogP contribution in [0, 0.1) is 18.6 Å². The van der Waals surface area contributed by atoms with Gasteiger partial charge >= 0.3 is 0 Å². The van der Waals surface area contributed by atoms with Crippen LogP contribution in [-0.4, -0.2) is 71.3 Å². The number of rotatable bonds is 8. The molecule has 1 aromatic carbocycles. The van der Waals surface area contributed by atoms with Crippen molar-refractivity contribution in [3.8, 4) is 11.3 Å². The predicted octanol–water partition coefficient (Wildman–Crippen LogP) is 4.56. The molecule has 1 aliphatic heterocycles. The molecule has 1 amide bonds. The van der Waals surface area contributed by atoms with Crippen LogP contribution in [0.2, 0.25) is 0 Å². The molecule has 0 unspecified atom stereocenters. The molecular formula is C30H35F2N9O2. The molecule has 0 bridgehead atoms. The number of anilines is 2. The second-order valence-corrected chi connectivity index (χ2v) is 11.1. The SMILES string of the molecule is CCN(N)C1(C(C)=O)CCN(C(=O)c2ccc(Nc3ncc(F)c(-c4cc(F)c5nc(C)n(C(C)C)c5c4)n3)nc2)CC1. The lowest BCUT2D eigenvalue weighted by Gasteiger charge is -2.45. The summed E-state index contributed by atoms with van der Waals surface area (Å²) in [6, 6.07) is 6.11. The minimum atomic E-state index is -0.766. The highest BCUT2D eigenvalue weighted by Gasteiger charge is 2.43. The first-order valence-electron chi connectivity index (χ1n) is 14.2. The van der Waals surface area contributed by atoms with Crippen molar-refractivity contribution >= 4 is 34.5 Å². The molecule has 1 saturated heterocycles. The summed E-state index contributed by atoms with van der Waals surface area (Å²) >= 11 is 0. The van der Waals surface area contributed by atoms with Crippen LogP contribution in [0.1, 0.15) is 62.8 Å². The number of aryl methyl sites for hydroxylation is 1. The normalized spacial score (nSPS) is 15.0. The zero-order chi connectivity index (χ0) is 31.1. The second kappa shape index (κ2) is 11.7. The molecule has 4 heterocycles. The van der Waals surface area contributed by atoms with Crippen molar-refractivity contribution in [1.82, 2.24) is 34.4 Å². The van der Waals surface area contributed by atoms with Crippen molar-refractivity contribution in [2.75, 3.05) is 25.0 Å². The lowest BCUT2D eigenvalue weighted by atomic mass is 9.83. The summed E-state index contributed by atoms with van der Waals surface area (Å²) in [5, 5.41) is 4.49. The van der Waals surface area contributed by atoms with Crippen molar-refractivity contribution in [1.29, 1.82) is 0 Å². The number of likely N-dealkylation sites (N-methyl/N-ethyl adjacent to an activating group) is 1. The topological polar surface area (TPSA) is 135 Å². The van der Waals surface area contributed by atoms with Gasteiger partial charge in [-0.05, 0) is 64.8 Å². The Morgan fingerprint density at radius 2 is 1.81 bits per heavy atom. The first kappa shape index (κ1) is 30.1. The molecule has 0 atom stereocenters. The van der Waals surface area contributed by atoms with E-state index < -0.39 is 17.2 Å². The van der Waals surface area contributed by atoms with E-state index in [9.17, 15) is 14.0 Å². The number of aromatic nitrogens is 5. The maximum atomic E-state index is 15.0. The van der Waals surface area contributed by atoms with Crippen LogP contribution in [-0.2, 0) is 4.79 Å². The van der Waals surface area contributed by atoms with E-state index in [1.54, 1.807) is 35.0 Å². The third-order valence-corrected chi connectivity index (χ3v) is 8.13. The predicted molar refractivity (Wildman–Crippen MR) is 158 cm³/mol. The van der Waals surface area contributed by atoms with Gasteiger partial charge in [-0.1, -0.05) is 6.92 Å². The molecule has 5 rings (SSSR count). The van der Waals surface area contributed by atoms with Crippen LogP contribution in [0.3, 0.4) is 0 Å². The molecule has 1 aliphatic rings. The molecule has 0 saturated carbocycles. The van der Waals surface area contributed by atoms with Gasteiger partial charge in [0.15, 0.2) is 17.4 Å². The number of imidazole rings is 1. The fourth-order valence-corrected chi connectivity index (χ4v) is 5.80. The molecule has 0 spiro atoms. The Kier molecular flexibility index (Phi) is 8.21. The summed E-state index contributed by atoms with van der Waals surface area (Å²) in [5.41, 5.74) is 0.538. The van der Waals surface area contributed by atoms with Gasteiger partial charge in [0, 0.05) is 37.4 Å². The molecule has 0 aliphatic carbocycles. The Morgan fingerprint density at radius 3 is 2.42 bits per heavy atom. The van der Waals surface area contributed by atoms with E-state index in [0.29, 0.717) is 55.2 Å². The average Bonchev–Trinajstić information content (AvgIpc) is 3.34. The number of halogens is 2. The second-order valence-electron chi connectivity index (χ2n) is 11.1. The van der Waals surface area contributed by atoms with E-state index in [4.69, 9.17) is 5.84 Å². The molecular weight excluding hydrogens is 556 g/mol. The number of piperidine rings is 1. The summed E-state index contributed by atoms with van der Waals surface area (Å²) in [6.07, 6.45) is 3.34. The number of fused-ring (bicyclic) bond motifs is 1. The Balaban J connectivity index is 1.32. The first-order valence-corrected chi connectivity index (χ1v) is 14.2. The number of carbonyl (C=O) groups is 2. The third kappa shape index (κ3) is 5.57. The fraction of sp³-hybridized carbons (Fsp3) is 0.400. The number of amides is 1. The molecule has 4 aromatic rings. The van der Waals surface area contributed by atoms with Gasteiger partial charge in [-0.3, -0.25) is 15.4 Å². The van der Waals surface area contributed by atoms with E-state index >= 15 is 4.39 Å². The number of likely N-dealkylation sites (tertiary alicyclic amines) is 1. The molecule has 3 N–H and O–H groups in total. The first-order chi connectivity index (χ1) is 20.4. The number of Topliss-reactive ketones (excluding diaryl/α,β-unsaturated/α-hetero) is 1. The van der Waals surface area contributed by atoms with Crippen LogP contribution in [0.5, 0.6) is 0 Å². The van der Waals surface area contributed by atoms with Gasteiger partial charge in [0.25, 0.3) is 5.91 Å². The number of hydrogen-bond acceptors (Lipinski definition) is 9. The van der Waals surface area contributed by atoms with Gasteiger partial charge in [0.1, 0.15) is 22.9 Å². The van der Waals surface area contributed by atoms with Crippen LogP contribution in [0.15, 0.2) is 36.7 Å². The quantitative estimate of drug-likeness (QED) is 0.223. The molecule has 3 aromatic heterocycles. The molecule has 226 valence electrons. The van der Waals surface area contributed by atoms with Crippen LogP contribution >= 0.6 is 0 Å². The van der Waals surface area contributed by atoms with Crippen LogP contribution in [0.4, 0.5) is 20.5 Å². The average molecular weight is 592 g/mol. The van der Waals surface area contributed by atoms with Crippen molar-refractivity contribution in [3.05, 3.63) is 59.7 Å². The van der Waals surface area contributed by atoms with Gasteiger partial charge in [-0.25, -0.2) is 33.7 Å². The maximum Gasteiger partial charge on any atom is 0.255 e. The van der Waals surface area contributed by atoms with E-state index in [1.807, 2.05) is 25.3 Å². The number of hydrazine groups is 1. The number of nitrogens with two attached hydrogens (primary N) is 1. The number of hydrogen-bond donors (Lipinski definition) is 2. The third-order valence-electron chi connectivity index (χ3n) is 8.13. The van der Waals surface area contributed by atoms with E-state index in [-0.39, 0.29) is 40.5 Å². The molecule has 0 radical (unpaired) electrons. The monoisotopic (exact) mass is 591 g/mol. The Hall–Kier alpha value is -4.36. The van der Waals surface area contributed by atoms with Crippen LogP contribution < -0.4 is 11.2 Å². The summed E-state index contributed by atoms with van der Waals surface area (Å²) in [4.78, 5) is 44.2. The lowest BCUT2D eigenvalue weighted by Crippen LogP contribution is -2.62. The minimum absolute atomic E-state index is 0.00448. The summed E-state index contributed by atoms with van der Waals surface area (Å²) in [6.45, 7) is 10.5. The largest absolute Gasteiger partial charge is 0.338 e. The number of ketones is 1. The Morgan fingerprint density at radius 1 is 1.09 bits per heavy atom. The van der Waals surface area contributed by atoms with E-state index in [2.05, 4.69) is 25.3 Å². The number of pyridine rings is 1. The molecule has 13 heteroatoms. The van der Waals surface area contributed by atoms with Crippen LogP contribution in [0.25, 0.3) is 22.3 Å². The Bertz CT molecular complexity index is 1680. The zero-order valence-electron chi connectivity index (χ0n) is 24.9. The van der Waals surface area contributed by atoms with Gasteiger partial charge in [0.05, 0.1) is 22.8 Å². The maximum absolute atomic E-state index is 15.0.